The smallest absolute Gasteiger partial charge is 0.123 e. The van der Waals surface area contributed by atoms with Crippen molar-refractivity contribution in [1.29, 1.82) is 0 Å². The molecule has 0 saturated heterocycles. The Hall–Kier alpha value is -16.3. The molecule has 0 amide bonds. The van der Waals surface area contributed by atoms with E-state index in [1.807, 2.05) is 0 Å². The molecular formula is C114H144N20O9. The van der Waals surface area contributed by atoms with Crippen LogP contribution in [0.4, 0.5) is 39.8 Å². The predicted octanol–water partition coefficient (Wildman–Crippen LogP) is 26.7. The van der Waals surface area contributed by atoms with Gasteiger partial charge in [0.2, 0.25) is 0 Å². The van der Waals surface area contributed by atoms with Crippen molar-refractivity contribution in [2.24, 2.45) is 0 Å². The summed E-state index contributed by atoms with van der Waals surface area (Å²) in [5.74, 6) is 1.66. The summed E-state index contributed by atoms with van der Waals surface area (Å²) >= 11 is 0. The number of hydrogen-bond donors (Lipinski definition) is 16. The van der Waals surface area contributed by atoms with Crippen LogP contribution in [0.25, 0.3) is 138 Å². The minimum Gasteiger partial charge on any atom is -0.489 e. The van der Waals surface area contributed by atoms with E-state index < -0.39 is 0 Å². The van der Waals surface area contributed by atoms with Gasteiger partial charge in [0, 0.05) is 101 Å². The number of nitrogens with one attached hydrogen (secondary N) is 2. The van der Waals surface area contributed by atoms with Crippen molar-refractivity contribution in [3.05, 3.63) is 454 Å². The molecule has 2 atom stereocenters. The third-order valence-electron chi connectivity index (χ3n) is 24.2. The average Bonchev–Trinajstić information content (AvgIpc) is 1.61. The van der Waals surface area contributed by atoms with Crippen LogP contribution in [0.3, 0.4) is 0 Å². The molecule has 1 aliphatic carbocycles. The number of aromatic nitrogens is 3. The summed E-state index contributed by atoms with van der Waals surface area (Å²) in [7, 11) is 0. The van der Waals surface area contributed by atoms with Crippen LogP contribution < -0.4 is 106 Å². The maximum Gasteiger partial charge on any atom is 0.123 e. The normalized spacial score (nSPS) is 11.3. The van der Waals surface area contributed by atoms with Gasteiger partial charge in [-0.25, -0.2) is 0 Å². The molecule has 2 aliphatic rings. The van der Waals surface area contributed by atoms with E-state index in [0.29, 0.717) is 12.0 Å². The summed E-state index contributed by atoms with van der Waals surface area (Å²) in [5.41, 5.74) is 32.1. The SMILES string of the molecule is N.N.N.N.N.N.N.N.N.N.N.N.N.N.O.O.O.O.O.O.O.O.c1ccc(-n2c3ccccc3c3cc(-c4ccc(-c5ccc(Nc6ccc(-c7ccc(-c8ccc9c(c8)c8ccccc8n9-c8ccccc8)cc7)cc6)cc5)cc4)ccc32)cc1.c1ccc(-n2c3ccccc3c3ccccc32)cc1.c1ccc(N(c2ccccc2)c2ccc(Nc3ccc(-c4ccc5c(c4)C4CCCCC4O5)cc3)cc2)cc1. The van der Waals surface area contributed by atoms with Crippen molar-refractivity contribution >= 4 is 105 Å². The van der Waals surface area contributed by atoms with Gasteiger partial charge in [0.1, 0.15) is 11.9 Å². The highest BCUT2D eigenvalue weighted by molar-refractivity contribution is 6.12. The van der Waals surface area contributed by atoms with Crippen LogP contribution in [-0.4, -0.2) is 63.6 Å². The minimum absolute atomic E-state index is 0. The van der Waals surface area contributed by atoms with Crippen LogP contribution in [0.1, 0.15) is 37.2 Å². The average molecular weight is 1940 g/mol. The molecule has 1 aliphatic heterocycles. The first-order valence-corrected chi connectivity index (χ1v) is 42.1. The lowest BCUT2D eigenvalue weighted by Gasteiger charge is -2.25. The molecule has 143 heavy (non-hydrogen) atoms. The number of ether oxygens (including phenoxy) is 1. The van der Waals surface area contributed by atoms with Crippen molar-refractivity contribution in [2.45, 2.75) is 37.7 Å². The van der Waals surface area contributed by atoms with Crippen LogP contribution in [-0.2, 0) is 0 Å². The third-order valence-corrected chi connectivity index (χ3v) is 24.2. The molecule has 23 rings (SSSR count). The van der Waals surface area contributed by atoms with Crippen molar-refractivity contribution in [1.82, 2.24) is 99.8 Å². The Morgan fingerprint density at radius 1 is 0.203 bits per heavy atom. The highest BCUT2D eigenvalue weighted by Gasteiger charge is 2.36. The molecule has 29 heteroatoms. The van der Waals surface area contributed by atoms with Gasteiger partial charge < -0.3 is 164 Å². The Bertz CT molecular complexity index is 6980. The van der Waals surface area contributed by atoms with E-state index in [0.717, 1.165) is 45.6 Å². The fourth-order valence-electron chi connectivity index (χ4n) is 18.3. The van der Waals surface area contributed by atoms with E-state index in [2.05, 4.69) is 478 Å². The predicted molar refractivity (Wildman–Crippen MR) is 609 cm³/mol. The van der Waals surface area contributed by atoms with E-state index >= 15 is 0 Å². The largest absolute Gasteiger partial charge is 0.489 e. The lowest BCUT2D eigenvalue weighted by atomic mass is 9.82. The van der Waals surface area contributed by atoms with Gasteiger partial charge in [-0.2, -0.15) is 0 Å². The van der Waals surface area contributed by atoms with Gasteiger partial charge >= 0.3 is 0 Å². The first kappa shape index (κ1) is 129. The number of rotatable bonds is 15. The molecule has 2 unspecified atom stereocenters. The maximum atomic E-state index is 6.25. The summed E-state index contributed by atoms with van der Waals surface area (Å²) in [6.45, 7) is 0. The summed E-state index contributed by atoms with van der Waals surface area (Å²) in [6, 6.07) is 160. The number of para-hydroxylation sites is 9. The van der Waals surface area contributed by atoms with Gasteiger partial charge in [0.15, 0.2) is 0 Å². The Labute approximate surface area is 834 Å². The Morgan fingerprint density at radius 3 is 0.741 bits per heavy atom. The summed E-state index contributed by atoms with van der Waals surface area (Å²) < 4.78 is 13.3. The summed E-state index contributed by atoms with van der Waals surface area (Å²) in [5, 5.41) is 14.8. The Kier molecular flexibility index (Phi) is 51.6. The fourth-order valence-corrected chi connectivity index (χ4v) is 18.3. The molecule has 754 valence electrons. The van der Waals surface area contributed by atoms with Crippen LogP contribution in [0.15, 0.2) is 449 Å². The van der Waals surface area contributed by atoms with Gasteiger partial charge in [0.05, 0.1) is 33.1 Å². The molecule has 21 aromatic rings. The Balaban J connectivity index is 0. The molecular weight excluding hydrogens is 1790 g/mol. The van der Waals surface area contributed by atoms with Crippen molar-refractivity contribution in [3.8, 4) is 78.4 Å². The van der Waals surface area contributed by atoms with Gasteiger partial charge in [-0.1, -0.05) is 273 Å². The zero-order valence-corrected chi connectivity index (χ0v) is 80.8. The standard InChI is InChI=1S/C60H41N3.C36H32N2O.C18H13N.14H3N.8H2O/c1-3-11-51(12-4-1)62-57-17-9-7-15-53(57)55-39-47(31-37-59(55)62)45-23-19-41(20-24-45)43-27-33-49(34-28-43)61-50-35-29-44(30-36-50)42-21-25-46(26-22-42)48-32-38-60-56(40-48)54-16-8-10-18-58(54)63(60)52-13-5-2-6-14-52;1-3-9-30(10-4-1)38(31-11-5-2-6-12-31)32-22-20-29(21-23-32)37-28-18-15-26(16-19-28)27-17-24-36-34(25-27)33-13-7-8-14-35(33)39-36;1-2-8-14(9-3-1)19-17-12-6-4-10-15(17)16-11-5-7-13-18(16)19;;;;;;;;;;;;;;;;;;;;;;/h1-40,61H;1-6,9-12,15-25,33,35,37H,7-8,13-14H2;1-13H;14*1H3;8*1H2. The molecule has 4 heterocycles. The first-order valence-electron chi connectivity index (χ1n) is 42.1. The lowest BCUT2D eigenvalue weighted by molar-refractivity contribution is 0.164. The van der Waals surface area contributed by atoms with Crippen molar-refractivity contribution in [2.75, 3.05) is 15.5 Å². The highest BCUT2D eigenvalue weighted by Crippen LogP contribution is 2.48. The topological polar surface area (TPSA) is 793 Å². The Morgan fingerprint density at radius 2 is 0.427 bits per heavy atom. The van der Waals surface area contributed by atoms with Crippen LogP contribution >= 0.6 is 0 Å². The minimum atomic E-state index is 0. The number of anilines is 7. The molecule has 1 fully saturated rings. The molecule has 1 saturated carbocycles. The first-order chi connectivity index (χ1) is 60.0. The molecule has 0 spiro atoms. The summed E-state index contributed by atoms with van der Waals surface area (Å²) in [6.07, 6.45) is 5.42. The molecule has 60 N–H and O–H groups in total. The van der Waals surface area contributed by atoms with Gasteiger partial charge in [-0.15, -0.1) is 0 Å². The molecule has 0 radical (unpaired) electrons. The third kappa shape index (κ3) is 25.7. The van der Waals surface area contributed by atoms with E-state index in [1.165, 1.54) is 169 Å². The zero-order chi connectivity index (χ0) is 80.4. The second-order valence-electron chi connectivity index (χ2n) is 31.5. The van der Waals surface area contributed by atoms with Crippen molar-refractivity contribution < 1.29 is 48.5 Å². The van der Waals surface area contributed by atoms with E-state index in [-0.39, 0.29) is 130 Å². The number of hydrogen-bond acceptors (Lipinski definition) is 18. The molecule has 3 aromatic heterocycles. The molecule has 29 nitrogen and oxygen atoms in total. The van der Waals surface area contributed by atoms with Crippen molar-refractivity contribution in [3.63, 3.8) is 0 Å². The zero-order valence-electron chi connectivity index (χ0n) is 80.8. The second kappa shape index (κ2) is 57.3. The van der Waals surface area contributed by atoms with Crippen LogP contribution in [0.5, 0.6) is 5.75 Å². The van der Waals surface area contributed by atoms with E-state index in [9.17, 15) is 0 Å². The monoisotopic (exact) mass is 1940 g/mol. The molecule has 0 bridgehead atoms. The van der Waals surface area contributed by atoms with E-state index in [4.69, 9.17) is 4.74 Å². The second-order valence-corrected chi connectivity index (χ2v) is 31.5. The highest BCUT2D eigenvalue weighted by atomic mass is 16.5. The van der Waals surface area contributed by atoms with E-state index in [1.54, 1.807) is 0 Å². The van der Waals surface area contributed by atoms with Gasteiger partial charge in [-0.3, -0.25) is 0 Å². The number of fused-ring (bicyclic) bond motifs is 12. The maximum absolute atomic E-state index is 6.25. The van der Waals surface area contributed by atoms with Gasteiger partial charge in [-0.05, 0) is 257 Å². The number of nitrogens with zero attached hydrogens (tertiary/aromatic N) is 4. The molecule has 18 aromatic carbocycles. The van der Waals surface area contributed by atoms with Gasteiger partial charge in [0.25, 0.3) is 0 Å². The fraction of sp³-hybridized carbons (Fsp3) is 0.0526. The van der Waals surface area contributed by atoms with Crippen LogP contribution in [0.2, 0.25) is 0 Å². The summed E-state index contributed by atoms with van der Waals surface area (Å²) in [4.78, 5) is 2.27. The lowest BCUT2D eigenvalue weighted by Crippen LogP contribution is -2.22. The number of benzene rings is 18. The quantitative estimate of drug-likeness (QED) is 0.0453. The van der Waals surface area contributed by atoms with Crippen LogP contribution in [0, 0.1) is 0 Å².